The van der Waals surface area contributed by atoms with Crippen molar-refractivity contribution in [3.8, 4) is 0 Å². The summed E-state index contributed by atoms with van der Waals surface area (Å²) in [5, 5.41) is 0.0404. The normalized spacial score (nSPS) is 18.0. The van der Waals surface area contributed by atoms with Crippen LogP contribution in [-0.2, 0) is 13.8 Å². The van der Waals surface area contributed by atoms with Crippen LogP contribution in [0.4, 0.5) is 0 Å². The fourth-order valence-electron chi connectivity index (χ4n) is 0.120. The van der Waals surface area contributed by atoms with E-state index >= 15 is 0 Å². The zero-order chi connectivity index (χ0) is 4.57. The lowest BCUT2D eigenvalue weighted by molar-refractivity contribution is -0.970. The second kappa shape index (κ2) is 0.879. The summed E-state index contributed by atoms with van der Waals surface area (Å²) >= 11 is 0. The fourth-order valence-corrected chi connectivity index (χ4v) is 0.361. The van der Waals surface area contributed by atoms with E-state index in [0.29, 0.717) is 0 Å². The molecule has 32 valence electrons. The van der Waals surface area contributed by atoms with E-state index in [1.807, 2.05) is 0 Å². The number of hydrogen-bond acceptors (Lipinski definition) is 3. The molecule has 0 atom stereocenters. The third-order valence-electron chi connectivity index (χ3n) is 0.273. The van der Waals surface area contributed by atoms with Crippen LogP contribution in [0, 0.1) is 0 Å². The molecule has 0 aromatic carbocycles. The van der Waals surface area contributed by atoms with Crippen molar-refractivity contribution in [2.75, 3.05) is 0 Å². The van der Waals surface area contributed by atoms with E-state index in [4.69, 9.17) is 5.53 Å². The highest BCUT2D eigenvalue weighted by Crippen LogP contribution is 2.33. The average molecular weight is 107 g/mol. The maximum Gasteiger partial charge on any atom is 0.935 e. The summed E-state index contributed by atoms with van der Waals surface area (Å²) in [4.78, 5) is 0. The van der Waals surface area contributed by atoms with Crippen LogP contribution in [-0.4, -0.2) is 5.02 Å². The minimum atomic E-state index is -2.03. The second-order valence-corrected chi connectivity index (χ2v) is 1.40. The maximum atomic E-state index is 9.61. The quantitative estimate of drug-likeness (QED) is 0.424. The molecule has 1 aliphatic rings. The standard InChI is InChI=1S/N2O3P/c1-2-4-6(3)5-2/q+1. The molecule has 5 nitrogen and oxygen atoms in total. The molecule has 0 aromatic heterocycles. The Morgan fingerprint density at radius 2 is 2.17 bits per heavy atom. The SMILES string of the molecule is [N-]=[N+]1O[P+](=O)O1. The Bertz CT molecular complexity index is 85.4. The molecule has 1 aliphatic heterocycles. The molecule has 6 heteroatoms. The van der Waals surface area contributed by atoms with Crippen LogP contribution in [0.5, 0.6) is 0 Å². The van der Waals surface area contributed by atoms with Crippen LogP contribution in [0.3, 0.4) is 0 Å². The smallest absolute Gasteiger partial charge is 0.381 e. The van der Waals surface area contributed by atoms with Crippen LogP contribution < -0.4 is 0 Å². The topological polar surface area (TPSA) is 60.8 Å². The number of nitrogens with zero attached hydrogens (tertiary/aromatic N) is 2. The molecule has 0 bridgehead atoms. The zero-order valence-corrected chi connectivity index (χ0v) is 3.46. The summed E-state index contributed by atoms with van der Waals surface area (Å²) in [6.07, 6.45) is 0. The first-order valence-corrected chi connectivity index (χ1v) is 2.21. The van der Waals surface area contributed by atoms with Crippen molar-refractivity contribution < 1.29 is 18.8 Å². The minimum absolute atomic E-state index is 0.0404. The largest absolute Gasteiger partial charge is 0.935 e. The van der Waals surface area contributed by atoms with Gasteiger partial charge < -0.3 is 5.53 Å². The van der Waals surface area contributed by atoms with Gasteiger partial charge in [-0.2, -0.15) is 0 Å². The van der Waals surface area contributed by atoms with Crippen molar-refractivity contribution in [1.29, 1.82) is 0 Å². The highest BCUT2D eigenvalue weighted by atomic mass is 31.1. The predicted molar refractivity (Wildman–Crippen MR) is 13.4 cm³/mol. The van der Waals surface area contributed by atoms with Gasteiger partial charge in [0.2, 0.25) is 5.02 Å². The second-order valence-electron chi connectivity index (χ2n) is 0.625. The Kier molecular flexibility index (Phi) is 0.511. The van der Waals surface area contributed by atoms with E-state index in [2.05, 4.69) is 9.25 Å². The van der Waals surface area contributed by atoms with E-state index in [9.17, 15) is 4.57 Å². The van der Waals surface area contributed by atoms with Gasteiger partial charge in [0.15, 0.2) is 0 Å². The zero-order valence-electron chi connectivity index (χ0n) is 2.57. The summed E-state index contributed by atoms with van der Waals surface area (Å²) in [5.74, 6) is 0. The summed E-state index contributed by atoms with van der Waals surface area (Å²) in [6.45, 7) is 0. The molecule has 0 saturated carbocycles. The van der Waals surface area contributed by atoms with Crippen molar-refractivity contribution in [1.82, 2.24) is 0 Å². The molecule has 0 spiro atoms. The van der Waals surface area contributed by atoms with E-state index in [1.165, 1.54) is 0 Å². The Balaban J connectivity index is 2.47. The predicted octanol–water partition coefficient (Wildman–Crippen LogP) is 0.555. The maximum absolute atomic E-state index is 9.61. The van der Waals surface area contributed by atoms with Crippen LogP contribution in [0.1, 0.15) is 0 Å². The van der Waals surface area contributed by atoms with Crippen LogP contribution in [0.2, 0.25) is 0 Å². The molecule has 1 heterocycles. The fraction of sp³-hybridized carbons (Fsp3) is 0. The van der Waals surface area contributed by atoms with Gasteiger partial charge in [0, 0.05) is 4.57 Å². The van der Waals surface area contributed by atoms with Gasteiger partial charge in [-0.25, -0.2) is 0 Å². The Labute approximate surface area is 33.8 Å². The van der Waals surface area contributed by atoms with E-state index in [1.54, 1.807) is 0 Å². The number of hydrogen-bond donors (Lipinski definition) is 0. The minimum Gasteiger partial charge on any atom is -0.381 e. The van der Waals surface area contributed by atoms with Gasteiger partial charge in [-0.15, -0.1) is 0 Å². The monoisotopic (exact) mass is 107 g/mol. The van der Waals surface area contributed by atoms with Gasteiger partial charge in [-0.05, 0) is 0 Å². The van der Waals surface area contributed by atoms with Crippen LogP contribution in [0.15, 0.2) is 0 Å². The lowest BCUT2D eigenvalue weighted by Gasteiger charge is -1.85. The van der Waals surface area contributed by atoms with Crippen molar-refractivity contribution in [2.45, 2.75) is 0 Å². The van der Waals surface area contributed by atoms with Crippen molar-refractivity contribution in [3.63, 3.8) is 0 Å². The van der Waals surface area contributed by atoms with Gasteiger partial charge >= 0.3 is 8.25 Å². The van der Waals surface area contributed by atoms with Crippen molar-refractivity contribution >= 4 is 8.25 Å². The number of rotatable bonds is 0. The summed E-state index contributed by atoms with van der Waals surface area (Å²) in [6, 6.07) is 0. The summed E-state index contributed by atoms with van der Waals surface area (Å²) in [7, 11) is -2.03. The molecular formula is N2O3P+. The molecule has 0 radical (unpaired) electrons. The molecule has 1 saturated heterocycles. The van der Waals surface area contributed by atoms with Crippen molar-refractivity contribution in [2.24, 2.45) is 0 Å². The third-order valence-corrected chi connectivity index (χ3v) is 0.819. The summed E-state index contributed by atoms with van der Waals surface area (Å²) < 4.78 is 17.2. The highest BCUT2D eigenvalue weighted by Gasteiger charge is 2.51. The molecule has 6 heavy (non-hydrogen) atoms. The van der Waals surface area contributed by atoms with Crippen LogP contribution >= 0.6 is 8.25 Å². The average Bonchev–Trinajstić information content (AvgIpc) is 1.33. The molecule has 1 rings (SSSR count). The van der Waals surface area contributed by atoms with E-state index in [-0.39, 0.29) is 5.02 Å². The molecule has 1 fully saturated rings. The van der Waals surface area contributed by atoms with Gasteiger partial charge in [0.05, 0.1) is 9.25 Å². The van der Waals surface area contributed by atoms with Gasteiger partial charge in [0.1, 0.15) is 0 Å². The third kappa shape index (κ3) is 0.328. The first-order chi connectivity index (χ1) is 2.79. The highest BCUT2D eigenvalue weighted by molar-refractivity contribution is 7.33. The molecule has 0 aromatic rings. The van der Waals surface area contributed by atoms with Gasteiger partial charge in [-0.3, -0.25) is 0 Å². The Hall–Kier alpha value is -0.700. The first kappa shape index (κ1) is 3.49. The van der Waals surface area contributed by atoms with Gasteiger partial charge in [-0.1, -0.05) is 0 Å². The van der Waals surface area contributed by atoms with E-state index < -0.39 is 8.25 Å². The van der Waals surface area contributed by atoms with E-state index in [0.717, 1.165) is 0 Å². The molecule has 0 unspecified atom stereocenters. The first-order valence-electron chi connectivity index (χ1n) is 1.11. The summed E-state index contributed by atoms with van der Waals surface area (Å²) in [5.41, 5.74) is 7.82. The molecule has 0 N–H and O–H groups in total. The van der Waals surface area contributed by atoms with Gasteiger partial charge in [0.25, 0.3) is 0 Å². The lowest BCUT2D eigenvalue weighted by Crippen LogP contribution is -2.10. The molecule has 0 aliphatic carbocycles. The van der Waals surface area contributed by atoms with Crippen molar-refractivity contribution in [3.05, 3.63) is 5.53 Å². The molecular weight excluding hydrogens is 107 g/mol. The van der Waals surface area contributed by atoms with Crippen LogP contribution in [0.25, 0.3) is 5.53 Å². The lowest BCUT2D eigenvalue weighted by atomic mass is 12.9. The Morgan fingerprint density at radius 3 is 2.17 bits per heavy atom. The molecule has 0 amide bonds. The Morgan fingerprint density at radius 1 is 1.67 bits per heavy atom.